The van der Waals surface area contributed by atoms with Crippen LogP contribution in [-0.4, -0.2) is 14.8 Å². The van der Waals surface area contributed by atoms with Gasteiger partial charge in [-0.05, 0) is 13.3 Å². The van der Waals surface area contributed by atoms with E-state index in [4.69, 9.17) is 5.73 Å². The number of nitrogens with two attached hydrogens (primary N) is 1. The number of rotatable bonds is 7. The molecule has 1 heterocycles. The van der Waals surface area contributed by atoms with Crippen molar-refractivity contribution in [3.8, 4) is 0 Å². The molecule has 0 amide bonds. The maximum Gasteiger partial charge on any atom is 0.166 e. The van der Waals surface area contributed by atoms with Gasteiger partial charge in [0.05, 0.1) is 6.04 Å². The van der Waals surface area contributed by atoms with E-state index in [0.29, 0.717) is 0 Å². The Labute approximate surface area is 91.9 Å². The molecular weight excluding hydrogens is 188 g/mol. The Balaban J connectivity index is 2.20. The second kappa shape index (κ2) is 6.56. The fourth-order valence-corrected chi connectivity index (χ4v) is 1.50. The highest BCUT2D eigenvalue weighted by atomic mass is 15.3. The fraction of sp³-hybridized carbons (Fsp3) is 0.818. The fourth-order valence-electron chi connectivity index (χ4n) is 1.50. The summed E-state index contributed by atoms with van der Waals surface area (Å²) in [5.41, 5.74) is 5.68. The summed E-state index contributed by atoms with van der Waals surface area (Å²) in [6.45, 7) is 5.09. The molecule has 0 aliphatic carbocycles. The van der Waals surface area contributed by atoms with Crippen molar-refractivity contribution in [2.75, 3.05) is 0 Å². The third-order valence-electron chi connectivity index (χ3n) is 2.45. The third kappa shape index (κ3) is 4.42. The molecule has 0 aromatic carbocycles. The first kappa shape index (κ1) is 12.2. The van der Waals surface area contributed by atoms with Crippen LogP contribution in [0.25, 0.3) is 0 Å². The molecule has 4 heteroatoms. The molecule has 2 N–H and O–H groups in total. The zero-order valence-electron chi connectivity index (χ0n) is 9.82. The van der Waals surface area contributed by atoms with E-state index >= 15 is 0 Å². The molecule has 0 radical (unpaired) electrons. The molecule has 15 heavy (non-hydrogen) atoms. The minimum atomic E-state index is -0.0636. The second-order valence-electron chi connectivity index (χ2n) is 4.07. The van der Waals surface area contributed by atoms with Crippen molar-refractivity contribution in [2.45, 2.75) is 58.5 Å². The Morgan fingerprint density at radius 3 is 2.67 bits per heavy atom. The Morgan fingerprint density at radius 1 is 1.33 bits per heavy atom. The molecule has 1 unspecified atom stereocenters. The van der Waals surface area contributed by atoms with E-state index in [9.17, 15) is 0 Å². The van der Waals surface area contributed by atoms with Crippen LogP contribution in [-0.2, 0) is 6.54 Å². The maximum atomic E-state index is 5.68. The molecular formula is C11H22N4. The first-order valence-corrected chi connectivity index (χ1v) is 5.89. The van der Waals surface area contributed by atoms with Gasteiger partial charge in [-0.25, -0.2) is 4.98 Å². The molecule has 0 saturated heterocycles. The zero-order chi connectivity index (χ0) is 11.1. The van der Waals surface area contributed by atoms with Gasteiger partial charge in [-0.2, -0.15) is 5.10 Å². The topological polar surface area (TPSA) is 56.7 Å². The average Bonchev–Trinajstić information content (AvgIpc) is 2.66. The highest BCUT2D eigenvalue weighted by Crippen LogP contribution is 2.05. The first-order chi connectivity index (χ1) is 7.24. The third-order valence-corrected chi connectivity index (χ3v) is 2.45. The smallest absolute Gasteiger partial charge is 0.166 e. The summed E-state index contributed by atoms with van der Waals surface area (Å²) in [5, 5.41) is 4.31. The molecule has 0 saturated carbocycles. The maximum absolute atomic E-state index is 5.68. The van der Waals surface area contributed by atoms with Crippen LogP contribution in [0, 0.1) is 0 Å². The van der Waals surface area contributed by atoms with E-state index < -0.39 is 0 Å². The Hall–Kier alpha value is -0.900. The number of hydrogen-bond donors (Lipinski definition) is 1. The highest BCUT2D eigenvalue weighted by Gasteiger charge is 2.04. The lowest BCUT2D eigenvalue weighted by Gasteiger charge is -2.01. The number of hydrogen-bond acceptors (Lipinski definition) is 3. The summed E-state index contributed by atoms with van der Waals surface area (Å²) in [6.07, 6.45) is 8.19. The van der Waals surface area contributed by atoms with Crippen molar-refractivity contribution in [2.24, 2.45) is 5.73 Å². The molecule has 0 aliphatic heterocycles. The number of nitrogens with zero attached hydrogens (tertiary/aromatic N) is 3. The molecule has 86 valence electrons. The van der Waals surface area contributed by atoms with Gasteiger partial charge in [-0.15, -0.1) is 0 Å². The van der Waals surface area contributed by atoms with Crippen molar-refractivity contribution >= 4 is 0 Å². The molecule has 0 fully saturated rings. The van der Waals surface area contributed by atoms with Crippen molar-refractivity contribution in [3.05, 3.63) is 12.2 Å². The van der Waals surface area contributed by atoms with Crippen LogP contribution in [0.1, 0.15) is 57.8 Å². The molecule has 4 nitrogen and oxygen atoms in total. The summed E-state index contributed by atoms with van der Waals surface area (Å²) in [4.78, 5) is 4.16. The van der Waals surface area contributed by atoms with Crippen LogP contribution < -0.4 is 5.73 Å². The van der Waals surface area contributed by atoms with Crippen molar-refractivity contribution in [1.29, 1.82) is 0 Å². The molecule has 0 spiro atoms. The monoisotopic (exact) mass is 210 g/mol. The van der Waals surface area contributed by atoms with E-state index in [1.165, 1.54) is 32.1 Å². The summed E-state index contributed by atoms with van der Waals surface area (Å²) in [7, 11) is 0. The van der Waals surface area contributed by atoms with Gasteiger partial charge in [-0.1, -0.05) is 32.6 Å². The van der Waals surface area contributed by atoms with Gasteiger partial charge < -0.3 is 5.73 Å². The van der Waals surface area contributed by atoms with E-state index in [1.807, 2.05) is 11.6 Å². The van der Waals surface area contributed by atoms with E-state index in [2.05, 4.69) is 17.0 Å². The zero-order valence-corrected chi connectivity index (χ0v) is 9.82. The quantitative estimate of drug-likeness (QED) is 0.702. The minimum absolute atomic E-state index is 0.0636. The molecule has 0 bridgehead atoms. The molecule has 0 aliphatic rings. The molecule has 1 rings (SSSR count). The number of unbranched alkanes of at least 4 members (excludes halogenated alkanes) is 4. The average molecular weight is 210 g/mol. The molecule has 1 aromatic rings. The minimum Gasteiger partial charge on any atom is -0.321 e. The van der Waals surface area contributed by atoms with Gasteiger partial charge >= 0.3 is 0 Å². The lowest BCUT2D eigenvalue weighted by atomic mass is 10.1. The standard InChI is InChI=1S/C11H22N4/c1-3-4-5-6-7-8-15-9-13-11(14-15)10(2)12/h9-10H,3-8,12H2,1-2H3. The summed E-state index contributed by atoms with van der Waals surface area (Å²) >= 11 is 0. The Morgan fingerprint density at radius 2 is 2.07 bits per heavy atom. The second-order valence-corrected chi connectivity index (χ2v) is 4.07. The van der Waals surface area contributed by atoms with Crippen LogP contribution in [0.3, 0.4) is 0 Å². The van der Waals surface area contributed by atoms with Gasteiger partial charge in [0.25, 0.3) is 0 Å². The predicted molar refractivity (Wildman–Crippen MR) is 61.4 cm³/mol. The van der Waals surface area contributed by atoms with E-state index in [-0.39, 0.29) is 6.04 Å². The summed E-state index contributed by atoms with van der Waals surface area (Å²) in [5.74, 6) is 0.739. The Kier molecular flexibility index (Phi) is 5.32. The number of aryl methyl sites for hydroxylation is 1. The summed E-state index contributed by atoms with van der Waals surface area (Å²) < 4.78 is 1.89. The van der Waals surface area contributed by atoms with Crippen LogP contribution in [0.4, 0.5) is 0 Å². The predicted octanol–water partition coefficient (Wildman–Crippen LogP) is 2.27. The molecule has 1 atom stereocenters. The largest absolute Gasteiger partial charge is 0.321 e. The summed E-state index contributed by atoms with van der Waals surface area (Å²) in [6, 6.07) is -0.0636. The van der Waals surface area contributed by atoms with Crippen LogP contribution in [0.5, 0.6) is 0 Å². The van der Waals surface area contributed by atoms with Gasteiger partial charge in [-0.3, -0.25) is 4.68 Å². The van der Waals surface area contributed by atoms with Crippen LogP contribution >= 0.6 is 0 Å². The van der Waals surface area contributed by atoms with Gasteiger partial charge in [0.1, 0.15) is 6.33 Å². The van der Waals surface area contributed by atoms with Crippen LogP contribution in [0.15, 0.2) is 6.33 Å². The van der Waals surface area contributed by atoms with Crippen molar-refractivity contribution in [3.63, 3.8) is 0 Å². The van der Waals surface area contributed by atoms with E-state index in [0.717, 1.165) is 12.4 Å². The Bertz CT molecular complexity index is 267. The number of aromatic nitrogens is 3. The van der Waals surface area contributed by atoms with Crippen molar-refractivity contribution in [1.82, 2.24) is 14.8 Å². The van der Waals surface area contributed by atoms with Crippen LogP contribution in [0.2, 0.25) is 0 Å². The van der Waals surface area contributed by atoms with Crippen molar-refractivity contribution < 1.29 is 0 Å². The van der Waals surface area contributed by atoms with Gasteiger partial charge in [0.2, 0.25) is 0 Å². The highest BCUT2D eigenvalue weighted by molar-refractivity contribution is 4.87. The van der Waals surface area contributed by atoms with E-state index in [1.54, 1.807) is 6.33 Å². The lowest BCUT2D eigenvalue weighted by Crippen LogP contribution is -2.08. The first-order valence-electron chi connectivity index (χ1n) is 5.89. The van der Waals surface area contributed by atoms with Gasteiger partial charge in [0, 0.05) is 6.54 Å². The van der Waals surface area contributed by atoms with Gasteiger partial charge in [0.15, 0.2) is 5.82 Å². The molecule has 1 aromatic heterocycles. The SMILES string of the molecule is CCCCCCCn1cnc(C(C)N)n1. The lowest BCUT2D eigenvalue weighted by molar-refractivity contribution is 0.526. The normalized spacial score (nSPS) is 13.0.